The van der Waals surface area contributed by atoms with Crippen LogP contribution in [0.2, 0.25) is 0 Å². The molecule has 2 unspecified atom stereocenters. The highest BCUT2D eigenvalue weighted by molar-refractivity contribution is 5.83. The van der Waals surface area contributed by atoms with Crippen LogP contribution in [0.5, 0.6) is 0 Å². The highest BCUT2D eigenvalue weighted by atomic mass is 19.4. The molecule has 0 saturated carbocycles. The lowest BCUT2D eigenvalue weighted by molar-refractivity contribution is -0.263. The van der Waals surface area contributed by atoms with Gasteiger partial charge in [-0.3, -0.25) is 38.5 Å². The fourth-order valence-electron chi connectivity index (χ4n) is 6.44. The van der Waals surface area contributed by atoms with Gasteiger partial charge < -0.3 is 69.5 Å². The van der Waals surface area contributed by atoms with Crippen LogP contribution in [0.25, 0.3) is 0 Å². The number of aliphatic imine (C=N–C) groups is 1. The quantitative estimate of drug-likeness (QED) is 0.0689. The Labute approximate surface area is 391 Å². The van der Waals surface area contributed by atoms with Gasteiger partial charge in [0, 0.05) is 38.6 Å². The van der Waals surface area contributed by atoms with Gasteiger partial charge in [-0.25, -0.2) is 24.0 Å². The molecule has 0 radical (unpaired) electrons. The van der Waals surface area contributed by atoms with Gasteiger partial charge in [-0.2, -0.15) is 13.2 Å². The van der Waals surface area contributed by atoms with Crippen LogP contribution >= 0.6 is 0 Å². The third-order valence-corrected chi connectivity index (χ3v) is 8.90. The fourth-order valence-corrected chi connectivity index (χ4v) is 6.44. The highest BCUT2D eigenvalue weighted by Crippen LogP contribution is 2.44. The van der Waals surface area contributed by atoms with Crippen LogP contribution in [0.15, 0.2) is 48.7 Å². The molecule has 27 nitrogen and oxygen atoms in total. The van der Waals surface area contributed by atoms with E-state index in [2.05, 4.69) is 15.3 Å². The molecule has 3 fully saturated rings. The zero-order valence-electron chi connectivity index (χ0n) is 35.0. The lowest BCUT2D eigenvalue weighted by Gasteiger charge is -2.32. The van der Waals surface area contributed by atoms with Gasteiger partial charge in [-0.1, -0.05) is 29.7 Å². The molecular formula is C39H62F3N6O21-. The lowest BCUT2D eigenvalue weighted by atomic mass is 9.99. The van der Waals surface area contributed by atoms with Crippen molar-refractivity contribution in [1.82, 2.24) is 24.4 Å². The van der Waals surface area contributed by atoms with Gasteiger partial charge in [-0.15, -0.1) is 0 Å². The maximum absolute atomic E-state index is 12.4. The van der Waals surface area contributed by atoms with E-state index in [1.807, 2.05) is 4.98 Å². The van der Waals surface area contributed by atoms with Crippen molar-refractivity contribution in [1.29, 1.82) is 0 Å². The first-order valence-corrected chi connectivity index (χ1v) is 18.6. The van der Waals surface area contributed by atoms with E-state index in [0.29, 0.717) is 4.57 Å². The second-order valence-corrected chi connectivity index (χ2v) is 15.3. The van der Waals surface area contributed by atoms with E-state index in [0.717, 1.165) is 36.9 Å². The Hall–Kier alpha value is -6.02. The number of aromatic nitrogens is 4. The fraction of sp³-hybridized carbons (Fsp3) is 0.667. The number of nitrogens with zero attached hydrogens (tertiary/aromatic N) is 3. The topological polar surface area (TPSA) is 402 Å². The van der Waals surface area contributed by atoms with E-state index in [1.54, 1.807) is 34.6 Å². The lowest BCUT2D eigenvalue weighted by Crippen LogP contribution is -2.57. The molecule has 3 aliphatic rings. The van der Waals surface area contributed by atoms with Gasteiger partial charge >= 0.3 is 41.6 Å². The normalized spacial score (nSPS) is 25.2. The molecule has 396 valence electrons. The third kappa shape index (κ3) is 16.3. The number of carbonyl (C=O) groups excluding carboxylic acids is 2. The summed E-state index contributed by atoms with van der Waals surface area (Å²) in [7, 11) is 1.00. The molecule has 30 heteroatoms. The number of hydrogen-bond donors (Lipinski definition) is 9. The van der Waals surface area contributed by atoms with Crippen LogP contribution in [0, 0.1) is 0 Å². The van der Waals surface area contributed by atoms with Crippen molar-refractivity contribution < 1.29 is 96.5 Å². The van der Waals surface area contributed by atoms with Crippen LogP contribution in [0.3, 0.4) is 0 Å². The maximum Gasteiger partial charge on any atom is 0.419 e. The number of aliphatic hydroxyl groups excluding tert-OH is 4. The molecule has 12 atom stereocenters. The highest BCUT2D eigenvalue weighted by Gasteiger charge is 2.61. The minimum absolute atomic E-state index is 0. The average molecular weight is 1010 g/mol. The summed E-state index contributed by atoms with van der Waals surface area (Å²) < 4.78 is 71.8. The molecule has 5 rings (SSSR count). The summed E-state index contributed by atoms with van der Waals surface area (Å²) >= 11 is 0. The Morgan fingerprint density at radius 3 is 1.71 bits per heavy atom. The Morgan fingerprint density at radius 1 is 0.826 bits per heavy atom. The second kappa shape index (κ2) is 25.5. The molecule has 9 N–H and O–H groups in total. The minimum atomic E-state index is -5.51. The smallest absolute Gasteiger partial charge is 0.419 e. The summed E-state index contributed by atoms with van der Waals surface area (Å²) in [5.41, 5.74) is -4.26. The van der Waals surface area contributed by atoms with Crippen LogP contribution < -0.4 is 32.9 Å². The van der Waals surface area contributed by atoms with Crippen LogP contribution in [0.4, 0.5) is 18.0 Å². The molecule has 0 aromatic carbocycles. The third-order valence-electron chi connectivity index (χ3n) is 8.90. The van der Waals surface area contributed by atoms with E-state index in [1.165, 1.54) is 6.20 Å². The summed E-state index contributed by atoms with van der Waals surface area (Å²) in [6.45, 7) is 9.04. The average Bonchev–Trinajstić information content (AvgIpc) is 3.78. The number of carboxylic acid groups (broad SMARTS) is 2. The standard InChI is InChI=1S/C21H29N3O11.C13H14F3N3O9.CH4O.4CH4/c1-9(25)31-12(11(17(27)28)23-19(30)35-20(2,3)4)13-14-15(34-21(5,6)33-14)16(32-13)24-8-7-10(26)22-18(24)29;14-13(15,16)11(26)18-4(10(24)25)5(21)8-6(22)7(23)9(28-8)19-2-1-3(20)17-12(19)27;1-2;;;;/h7-8,11-16H,1-6H3,(H,23,30)(H,27,28)(H,22,26,29);1-2,4-9,21-23H,(H,18,26)(H,24,25)(H,17,20,27);2H,1H3;4*1H4/p-1/t11-,12-,13+,14-,15?,16+;4-,5-,6+,7?,8+,9+;;;;;/m00...../s1. The Kier molecular flexibility index (Phi) is 24.1. The maximum atomic E-state index is 12.4. The summed E-state index contributed by atoms with van der Waals surface area (Å²) in [5.74, 6) is -8.49. The van der Waals surface area contributed by atoms with Gasteiger partial charge in [0.05, 0.1) is 5.90 Å². The number of rotatable bonds is 11. The molecule has 2 aromatic rings. The van der Waals surface area contributed by atoms with E-state index in [9.17, 15) is 77.1 Å². The number of H-pyrrole nitrogens is 2. The summed E-state index contributed by atoms with van der Waals surface area (Å²) in [6, 6.07) is -2.54. The van der Waals surface area contributed by atoms with Crippen molar-refractivity contribution in [3.63, 3.8) is 0 Å². The van der Waals surface area contributed by atoms with Gasteiger partial charge in [0.1, 0.15) is 48.3 Å². The number of ether oxygens (including phenoxy) is 6. The number of aliphatic hydroxyl groups is 4. The summed E-state index contributed by atoms with van der Waals surface area (Å²) in [6.07, 6.45) is -20.9. The Balaban J connectivity index is 0. The zero-order valence-corrected chi connectivity index (χ0v) is 35.0. The monoisotopic (exact) mass is 1010 g/mol. The van der Waals surface area contributed by atoms with Gasteiger partial charge in [0.15, 0.2) is 36.4 Å². The molecule has 69 heavy (non-hydrogen) atoms. The van der Waals surface area contributed by atoms with Gasteiger partial charge in [0.25, 0.3) is 11.1 Å². The first-order valence-electron chi connectivity index (χ1n) is 18.6. The molecule has 0 spiro atoms. The van der Waals surface area contributed by atoms with Crippen LogP contribution in [-0.2, 0) is 42.8 Å². The Bertz CT molecular complexity index is 2310. The number of carboxylic acids is 2. The first kappa shape index (κ1) is 65.1. The van der Waals surface area contributed by atoms with Crippen LogP contribution in [0.1, 0.15) is 83.7 Å². The zero-order chi connectivity index (χ0) is 49.7. The molecular weight excluding hydrogens is 945 g/mol. The predicted octanol–water partition coefficient (Wildman–Crippen LogP) is -1.69. The number of esters is 1. The summed E-state index contributed by atoms with van der Waals surface area (Å²) in [4.78, 5) is 101. The number of amides is 1. The molecule has 3 saturated heterocycles. The SMILES string of the molecule is C.C.C.C.CC(=O)O[C@H]([C@H]1O[C@@H](n2ccc(=O)[nH]c2=O)C2OC(C)(C)O[C@H]21)[C@H](NC(=O)OC(C)(C)C)C(=O)O.CO.O=C(O)[C@@H](N=C([O-])C(F)(F)F)[C@H](O)[C@H]1O[C@@H](n2ccc(=O)[nH]c2=O)C(O)[C@H]1O. The van der Waals surface area contributed by atoms with E-state index >= 15 is 0 Å². The van der Waals surface area contributed by atoms with Crippen molar-refractivity contribution in [3.8, 4) is 0 Å². The largest absolute Gasteiger partial charge is 0.856 e. The van der Waals surface area contributed by atoms with E-state index in [4.69, 9.17) is 38.6 Å². The van der Waals surface area contributed by atoms with Crippen molar-refractivity contribution in [3.05, 3.63) is 66.2 Å². The molecule has 2 aromatic heterocycles. The van der Waals surface area contributed by atoms with Crippen molar-refractivity contribution >= 4 is 29.9 Å². The Morgan fingerprint density at radius 2 is 1.29 bits per heavy atom. The number of aliphatic carboxylic acids is 2. The molecule has 5 heterocycles. The molecule has 0 aliphatic carbocycles. The first-order chi connectivity index (χ1) is 29.9. The minimum Gasteiger partial charge on any atom is -0.856 e. The predicted molar refractivity (Wildman–Crippen MR) is 229 cm³/mol. The molecule has 1 amide bonds. The number of carbonyl (C=O) groups is 4. The van der Waals surface area contributed by atoms with E-state index in [-0.39, 0.29) is 29.7 Å². The summed E-state index contributed by atoms with van der Waals surface area (Å²) in [5, 5.41) is 68.9. The van der Waals surface area contributed by atoms with Crippen molar-refractivity contribution in [2.75, 3.05) is 7.11 Å². The number of hydrogen-bond acceptors (Lipinski definition) is 20. The van der Waals surface area contributed by atoms with Gasteiger partial charge in [-0.05, 0) is 34.6 Å². The number of alkyl carbamates (subject to hydrolysis) is 1. The van der Waals surface area contributed by atoms with Crippen molar-refractivity contribution in [2.24, 2.45) is 4.99 Å². The van der Waals surface area contributed by atoms with Crippen LogP contribution in [-0.4, -0.2) is 165 Å². The molecule has 3 aliphatic heterocycles. The van der Waals surface area contributed by atoms with Crippen molar-refractivity contribution in [2.45, 2.75) is 162 Å². The van der Waals surface area contributed by atoms with E-state index < -0.39 is 143 Å². The van der Waals surface area contributed by atoms with Gasteiger partial charge in [0.2, 0.25) is 0 Å². The number of fused-ring (bicyclic) bond motifs is 1. The number of alkyl halides is 3. The molecule has 0 bridgehead atoms. The number of nitrogens with one attached hydrogen (secondary N) is 3. The number of aromatic amines is 2. The number of halogens is 3. The second-order valence-electron chi connectivity index (χ2n) is 15.3.